The first-order valence-corrected chi connectivity index (χ1v) is 8.26. The SMILES string of the molecule is CCOC(=O)c1cc(OCC(=O)NCC(C)C)cc(C(=O)OCC)c1. The molecule has 0 fully saturated rings. The number of nitrogens with one attached hydrogen (secondary N) is 1. The summed E-state index contributed by atoms with van der Waals surface area (Å²) in [7, 11) is 0. The second-order valence-electron chi connectivity index (χ2n) is 5.67. The van der Waals surface area contributed by atoms with Crippen LogP contribution in [0.5, 0.6) is 5.75 Å². The van der Waals surface area contributed by atoms with Gasteiger partial charge in [0.15, 0.2) is 6.61 Å². The highest BCUT2D eigenvalue weighted by Gasteiger charge is 2.16. The summed E-state index contributed by atoms with van der Waals surface area (Å²) in [6.45, 7) is 8.06. The summed E-state index contributed by atoms with van der Waals surface area (Å²) in [5.41, 5.74) is 0.315. The van der Waals surface area contributed by atoms with Crippen LogP contribution >= 0.6 is 0 Å². The van der Waals surface area contributed by atoms with Gasteiger partial charge in [-0.1, -0.05) is 13.8 Å². The first-order chi connectivity index (χ1) is 11.9. The zero-order valence-corrected chi connectivity index (χ0v) is 15.1. The van der Waals surface area contributed by atoms with Crippen molar-refractivity contribution in [3.05, 3.63) is 29.3 Å². The number of carbonyl (C=O) groups excluding carboxylic acids is 3. The molecule has 0 saturated carbocycles. The van der Waals surface area contributed by atoms with Gasteiger partial charge >= 0.3 is 11.9 Å². The predicted octanol–water partition coefficient (Wildman–Crippen LogP) is 2.19. The van der Waals surface area contributed by atoms with Gasteiger partial charge in [-0.3, -0.25) is 4.79 Å². The van der Waals surface area contributed by atoms with Gasteiger partial charge in [0.25, 0.3) is 5.91 Å². The van der Waals surface area contributed by atoms with E-state index in [1.807, 2.05) is 13.8 Å². The van der Waals surface area contributed by atoms with E-state index in [0.717, 1.165) is 0 Å². The minimum absolute atomic E-state index is 0.157. The number of hydrogen-bond donors (Lipinski definition) is 1. The maximum atomic E-state index is 11.9. The largest absolute Gasteiger partial charge is 0.484 e. The van der Waals surface area contributed by atoms with Crippen LogP contribution in [0.1, 0.15) is 48.4 Å². The molecule has 0 spiro atoms. The monoisotopic (exact) mass is 351 g/mol. The van der Waals surface area contributed by atoms with Gasteiger partial charge in [0.05, 0.1) is 24.3 Å². The normalized spacial score (nSPS) is 10.3. The number of rotatable bonds is 9. The smallest absolute Gasteiger partial charge is 0.338 e. The molecule has 0 aliphatic rings. The summed E-state index contributed by atoms with van der Waals surface area (Å²) in [4.78, 5) is 35.6. The van der Waals surface area contributed by atoms with Crippen LogP contribution in [0.2, 0.25) is 0 Å². The van der Waals surface area contributed by atoms with Crippen molar-refractivity contribution in [1.29, 1.82) is 0 Å². The van der Waals surface area contributed by atoms with Crippen LogP contribution in [0.4, 0.5) is 0 Å². The van der Waals surface area contributed by atoms with E-state index in [1.54, 1.807) is 13.8 Å². The summed E-state index contributed by atoms with van der Waals surface area (Å²) in [5.74, 6) is -0.904. The average Bonchev–Trinajstić information content (AvgIpc) is 2.58. The minimum Gasteiger partial charge on any atom is -0.484 e. The summed E-state index contributed by atoms with van der Waals surface area (Å²) >= 11 is 0. The fraction of sp³-hybridized carbons (Fsp3) is 0.500. The molecule has 0 heterocycles. The molecule has 0 saturated heterocycles. The zero-order valence-electron chi connectivity index (χ0n) is 15.1. The van der Waals surface area contributed by atoms with Crippen LogP contribution in [-0.4, -0.2) is 44.2 Å². The van der Waals surface area contributed by atoms with E-state index in [4.69, 9.17) is 14.2 Å². The van der Waals surface area contributed by atoms with Crippen molar-refractivity contribution < 1.29 is 28.6 Å². The predicted molar refractivity (Wildman–Crippen MR) is 91.7 cm³/mol. The minimum atomic E-state index is -0.581. The van der Waals surface area contributed by atoms with E-state index in [-0.39, 0.29) is 42.6 Å². The number of carbonyl (C=O) groups is 3. The molecular formula is C18H25NO6. The highest BCUT2D eigenvalue weighted by molar-refractivity contribution is 5.96. The van der Waals surface area contributed by atoms with Crippen LogP contribution in [0.25, 0.3) is 0 Å². The Morgan fingerprint density at radius 3 is 1.92 bits per heavy atom. The van der Waals surface area contributed by atoms with Gasteiger partial charge in [0.2, 0.25) is 0 Å². The number of amides is 1. The summed E-state index contributed by atoms with van der Waals surface area (Å²) < 4.78 is 15.3. The van der Waals surface area contributed by atoms with Crippen LogP contribution in [0.15, 0.2) is 18.2 Å². The molecule has 0 radical (unpaired) electrons. The van der Waals surface area contributed by atoms with Crippen molar-refractivity contribution in [3.63, 3.8) is 0 Å². The molecule has 1 rings (SSSR count). The lowest BCUT2D eigenvalue weighted by atomic mass is 10.1. The van der Waals surface area contributed by atoms with Gasteiger partial charge in [-0.2, -0.15) is 0 Å². The Labute approximate surface area is 147 Å². The molecule has 0 unspecified atom stereocenters. The van der Waals surface area contributed by atoms with Crippen LogP contribution in [-0.2, 0) is 14.3 Å². The van der Waals surface area contributed by atoms with Crippen LogP contribution in [0.3, 0.4) is 0 Å². The second-order valence-corrected chi connectivity index (χ2v) is 5.67. The molecule has 0 atom stereocenters. The molecule has 1 aromatic rings. The highest BCUT2D eigenvalue weighted by Crippen LogP contribution is 2.19. The lowest BCUT2D eigenvalue weighted by Gasteiger charge is -2.11. The molecular weight excluding hydrogens is 326 g/mol. The molecule has 0 bridgehead atoms. The topological polar surface area (TPSA) is 90.9 Å². The third-order valence-corrected chi connectivity index (χ3v) is 3.01. The highest BCUT2D eigenvalue weighted by atomic mass is 16.5. The Morgan fingerprint density at radius 1 is 0.960 bits per heavy atom. The van der Waals surface area contributed by atoms with Crippen LogP contribution in [0, 0.1) is 5.92 Å². The third kappa shape index (κ3) is 7.24. The van der Waals surface area contributed by atoms with Gasteiger partial charge in [-0.05, 0) is 38.0 Å². The van der Waals surface area contributed by atoms with E-state index in [2.05, 4.69) is 5.32 Å². The van der Waals surface area contributed by atoms with Gasteiger partial charge in [0.1, 0.15) is 5.75 Å². The first kappa shape index (κ1) is 20.5. The standard InChI is InChI=1S/C18H25NO6/c1-5-23-17(21)13-7-14(18(22)24-6-2)9-15(8-13)25-11-16(20)19-10-12(3)4/h7-9,12H,5-6,10-11H2,1-4H3,(H,19,20). The van der Waals surface area contributed by atoms with Gasteiger partial charge in [-0.15, -0.1) is 0 Å². The van der Waals surface area contributed by atoms with Gasteiger partial charge in [-0.25, -0.2) is 9.59 Å². The van der Waals surface area contributed by atoms with Crippen molar-refractivity contribution in [2.24, 2.45) is 5.92 Å². The van der Waals surface area contributed by atoms with E-state index >= 15 is 0 Å². The van der Waals surface area contributed by atoms with Crippen molar-refractivity contribution in [3.8, 4) is 5.75 Å². The number of esters is 2. The summed E-state index contributed by atoms with van der Waals surface area (Å²) in [5, 5.41) is 2.72. The van der Waals surface area contributed by atoms with Crippen LogP contribution < -0.4 is 10.1 Å². The molecule has 0 aliphatic carbocycles. The molecule has 1 N–H and O–H groups in total. The molecule has 7 nitrogen and oxygen atoms in total. The Bertz CT molecular complexity index is 575. The third-order valence-electron chi connectivity index (χ3n) is 3.01. The fourth-order valence-corrected chi connectivity index (χ4v) is 1.86. The van der Waals surface area contributed by atoms with Gasteiger partial charge in [0, 0.05) is 6.54 Å². The molecule has 1 aromatic carbocycles. The van der Waals surface area contributed by atoms with Gasteiger partial charge < -0.3 is 19.5 Å². The molecule has 0 aromatic heterocycles. The molecule has 1 amide bonds. The maximum Gasteiger partial charge on any atom is 0.338 e. The Hall–Kier alpha value is -2.57. The Morgan fingerprint density at radius 2 is 1.48 bits per heavy atom. The first-order valence-electron chi connectivity index (χ1n) is 8.26. The molecule has 138 valence electrons. The number of hydrogen-bond acceptors (Lipinski definition) is 6. The summed E-state index contributed by atoms with van der Waals surface area (Å²) in [6, 6.07) is 4.23. The van der Waals surface area contributed by atoms with Crippen molar-refractivity contribution >= 4 is 17.8 Å². The fourth-order valence-electron chi connectivity index (χ4n) is 1.86. The second kappa shape index (κ2) is 10.3. The van der Waals surface area contributed by atoms with E-state index in [1.165, 1.54) is 18.2 Å². The molecule has 7 heteroatoms. The van der Waals surface area contributed by atoms with Crippen molar-refractivity contribution in [2.45, 2.75) is 27.7 Å². The van der Waals surface area contributed by atoms with Crippen molar-refractivity contribution in [1.82, 2.24) is 5.32 Å². The number of ether oxygens (including phenoxy) is 3. The average molecular weight is 351 g/mol. The molecule has 0 aliphatic heterocycles. The summed E-state index contributed by atoms with van der Waals surface area (Å²) in [6.07, 6.45) is 0. The van der Waals surface area contributed by atoms with Crippen molar-refractivity contribution in [2.75, 3.05) is 26.4 Å². The number of benzene rings is 1. The lowest BCUT2D eigenvalue weighted by Crippen LogP contribution is -2.31. The Kier molecular flexibility index (Phi) is 8.46. The quantitative estimate of drug-likeness (QED) is 0.686. The maximum absolute atomic E-state index is 11.9. The van der Waals surface area contributed by atoms with E-state index < -0.39 is 11.9 Å². The zero-order chi connectivity index (χ0) is 18.8. The Balaban J connectivity index is 2.90. The van der Waals surface area contributed by atoms with E-state index in [9.17, 15) is 14.4 Å². The lowest BCUT2D eigenvalue weighted by molar-refractivity contribution is -0.123. The molecule has 25 heavy (non-hydrogen) atoms. The van der Waals surface area contributed by atoms with E-state index in [0.29, 0.717) is 12.5 Å².